The van der Waals surface area contributed by atoms with Crippen molar-refractivity contribution >= 4 is 23.3 Å². The fourth-order valence-corrected chi connectivity index (χ4v) is 3.22. The van der Waals surface area contributed by atoms with E-state index in [-0.39, 0.29) is 12.3 Å². The summed E-state index contributed by atoms with van der Waals surface area (Å²) >= 11 is 6.16. The molecule has 0 bridgehead atoms. The number of rotatable bonds is 2. The van der Waals surface area contributed by atoms with Gasteiger partial charge in [0.25, 0.3) is 0 Å². The van der Waals surface area contributed by atoms with Gasteiger partial charge < -0.3 is 19.7 Å². The molecule has 2 aliphatic rings. The number of nitrogens with one attached hydrogen (secondary N) is 1. The molecule has 0 radical (unpaired) electrons. The van der Waals surface area contributed by atoms with Crippen LogP contribution in [0.25, 0.3) is 0 Å². The number of ether oxygens (including phenoxy) is 2. The first kappa shape index (κ1) is 15.6. The summed E-state index contributed by atoms with van der Waals surface area (Å²) in [6, 6.07) is 5.51. The molecule has 0 aliphatic carbocycles. The molecule has 0 atom stereocenters. The summed E-state index contributed by atoms with van der Waals surface area (Å²) < 4.78 is 11.1. The minimum Gasteiger partial charge on any atom is -0.350 e. The summed E-state index contributed by atoms with van der Waals surface area (Å²) in [5, 5.41) is 3.45. The lowest BCUT2D eigenvalue weighted by Gasteiger charge is -2.33. The Hall–Kier alpha value is -1.30. The summed E-state index contributed by atoms with van der Waals surface area (Å²) in [6.45, 7) is 4.75. The van der Waals surface area contributed by atoms with Crippen LogP contribution in [0.5, 0.6) is 0 Å². The Morgan fingerprint density at radius 1 is 1.27 bits per heavy atom. The van der Waals surface area contributed by atoms with E-state index in [0.717, 1.165) is 18.4 Å². The Morgan fingerprint density at radius 3 is 2.59 bits per heavy atom. The average molecular weight is 325 g/mol. The second-order valence-corrected chi connectivity index (χ2v) is 6.26. The van der Waals surface area contributed by atoms with Crippen molar-refractivity contribution in [3.8, 4) is 0 Å². The molecule has 0 unspecified atom stereocenters. The molecule has 0 aromatic heterocycles. The molecule has 0 spiro atoms. The fourth-order valence-electron chi connectivity index (χ4n) is 2.94. The van der Waals surface area contributed by atoms with E-state index in [1.807, 2.05) is 30.0 Å². The van der Waals surface area contributed by atoms with Crippen LogP contribution in [-0.4, -0.2) is 43.5 Å². The van der Waals surface area contributed by atoms with Gasteiger partial charge in [0, 0.05) is 19.0 Å². The maximum Gasteiger partial charge on any atom is 0.321 e. The Kier molecular flexibility index (Phi) is 4.86. The summed E-state index contributed by atoms with van der Waals surface area (Å²) in [6.07, 6.45) is 1.72. The number of benzene rings is 1. The van der Waals surface area contributed by atoms with Crippen LogP contribution < -0.4 is 5.32 Å². The van der Waals surface area contributed by atoms with Crippen LogP contribution in [0.1, 0.15) is 18.4 Å². The number of hydrogen-bond acceptors (Lipinski definition) is 3. The van der Waals surface area contributed by atoms with Gasteiger partial charge in [-0.1, -0.05) is 17.7 Å². The number of carbonyl (C=O) groups excluding carboxylic acids is 1. The van der Waals surface area contributed by atoms with E-state index in [4.69, 9.17) is 21.1 Å². The molecular weight excluding hydrogens is 304 g/mol. The van der Waals surface area contributed by atoms with Gasteiger partial charge in [0.2, 0.25) is 0 Å². The minimum atomic E-state index is -0.0996. The van der Waals surface area contributed by atoms with Gasteiger partial charge in [-0.25, -0.2) is 4.79 Å². The van der Waals surface area contributed by atoms with Crippen molar-refractivity contribution in [3.05, 3.63) is 28.8 Å². The lowest BCUT2D eigenvalue weighted by molar-refractivity contribution is -0.0950. The van der Waals surface area contributed by atoms with Crippen LogP contribution in [0, 0.1) is 12.8 Å². The molecule has 2 heterocycles. The number of anilines is 1. The van der Waals surface area contributed by atoms with E-state index in [1.165, 1.54) is 0 Å². The predicted molar refractivity (Wildman–Crippen MR) is 85.2 cm³/mol. The topological polar surface area (TPSA) is 50.8 Å². The third-order valence-electron chi connectivity index (χ3n) is 4.23. The summed E-state index contributed by atoms with van der Waals surface area (Å²) in [5.74, 6) is 0.384. The van der Waals surface area contributed by atoms with Gasteiger partial charge in [-0.2, -0.15) is 0 Å². The van der Waals surface area contributed by atoms with E-state index in [0.29, 0.717) is 42.9 Å². The van der Waals surface area contributed by atoms with Gasteiger partial charge >= 0.3 is 6.03 Å². The van der Waals surface area contributed by atoms with Crippen LogP contribution in [0.15, 0.2) is 18.2 Å². The zero-order chi connectivity index (χ0) is 15.5. The number of nitrogens with zero attached hydrogens (tertiary/aromatic N) is 1. The van der Waals surface area contributed by atoms with Crippen LogP contribution >= 0.6 is 11.6 Å². The fraction of sp³-hybridized carbons (Fsp3) is 0.562. The second-order valence-electron chi connectivity index (χ2n) is 5.85. The number of aryl methyl sites for hydroxylation is 1. The van der Waals surface area contributed by atoms with Crippen LogP contribution in [0.2, 0.25) is 5.02 Å². The summed E-state index contributed by atoms with van der Waals surface area (Å²) in [5.41, 5.74) is 1.72. The predicted octanol–water partition coefficient (Wildman–Crippen LogP) is 3.27. The van der Waals surface area contributed by atoms with E-state index in [9.17, 15) is 4.79 Å². The van der Waals surface area contributed by atoms with Crippen molar-refractivity contribution in [3.63, 3.8) is 0 Å². The molecule has 22 heavy (non-hydrogen) atoms. The summed E-state index contributed by atoms with van der Waals surface area (Å²) in [7, 11) is 0. The van der Waals surface area contributed by atoms with E-state index in [1.54, 1.807) is 0 Å². The van der Waals surface area contributed by atoms with E-state index in [2.05, 4.69) is 5.32 Å². The molecule has 1 aromatic carbocycles. The second kappa shape index (κ2) is 6.86. The average Bonchev–Trinajstić information content (AvgIpc) is 3.04. The maximum atomic E-state index is 12.3. The van der Waals surface area contributed by atoms with E-state index >= 15 is 0 Å². The third-order valence-corrected chi connectivity index (χ3v) is 4.54. The highest BCUT2D eigenvalue weighted by Gasteiger charge is 2.31. The number of amides is 2. The minimum absolute atomic E-state index is 0.0863. The first-order valence-corrected chi connectivity index (χ1v) is 8.06. The highest BCUT2D eigenvalue weighted by atomic mass is 35.5. The Bertz CT molecular complexity index is 538. The van der Waals surface area contributed by atoms with Crippen molar-refractivity contribution in [2.45, 2.75) is 26.1 Å². The molecule has 2 amide bonds. The number of piperidine rings is 1. The molecule has 5 nitrogen and oxygen atoms in total. The van der Waals surface area contributed by atoms with Crippen molar-refractivity contribution in [1.82, 2.24) is 4.90 Å². The number of carbonyl (C=O) groups is 1. The zero-order valence-electron chi connectivity index (χ0n) is 12.7. The van der Waals surface area contributed by atoms with Crippen molar-refractivity contribution in [1.29, 1.82) is 0 Å². The number of hydrogen-bond donors (Lipinski definition) is 1. The molecule has 3 rings (SSSR count). The highest BCUT2D eigenvalue weighted by molar-refractivity contribution is 6.33. The standard InChI is InChI=1S/C16H21ClN2O3/c1-11-2-3-14(13(17)10-11)18-16(20)19-6-4-12(5-7-19)15-21-8-9-22-15/h2-3,10,12,15H,4-9H2,1H3,(H,18,20). The first-order valence-electron chi connectivity index (χ1n) is 7.69. The Labute approximate surface area is 135 Å². The monoisotopic (exact) mass is 324 g/mol. The van der Waals surface area contributed by atoms with Crippen LogP contribution in [-0.2, 0) is 9.47 Å². The molecule has 0 saturated carbocycles. The zero-order valence-corrected chi connectivity index (χ0v) is 13.4. The molecule has 2 aliphatic heterocycles. The van der Waals surface area contributed by atoms with E-state index < -0.39 is 0 Å². The molecular formula is C16H21ClN2O3. The molecule has 120 valence electrons. The van der Waals surface area contributed by atoms with Gasteiger partial charge in [0.05, 0.1) is 23.9 Å². The lowest BCUT2D eigenvalue weighted by Crippen LogP contribution is -2.43. The van der Waals surface area contributed by atoms with Crippen LogP contribution in [0.3, 0.4) is 0 Å². The van der Waals surface area contributed by atoms with Gasteiger partial charge in [-0.15, -0.1) is 0 Å². The van der Waals surface area contributed by atoms with Gasteiger partial charge in [-0.05, 0) is 37.5 Å². The van der Waals surface area contributed by atoms with Crippen molar-refractivity contribution < 1.29 is 14.3 Å². The number of urea groups is 1. The molecule has 2 saturated heterocycles. The number of likely N-dealkylation sites (tertiary alicyclic amines) is 1. The van der Waals surface area contributed by atoms with Gasteiger partial charge in [0.15, 0.2) is 6.29 Å². The largest absolute Gasteiger partial charge is 0.350 e. The Balaban J connectivity index is 1.53. The quantitative estimate of drug-likeness (QED) is 0.908. The highest BCUT2D eigenvalue weighted by Crippen LogP contribution is 2.27. The lowest BCUT2D eigenvalue weighted by atomic mass is 9.96. The smallest absolute Gasteiger partial charge is 0.321 e. The summed E-state index contributed by atoms with van der Waals surface area (Å²) in [4.78, 5) is 14.1. The molecule has 2 fully saturated rings. The first-order chi connectivity index (χ1) is 10.6. The molecule has 1 N–H and O–H groups in total. The van der Waals surface area contributed by atoms with Crippen molar-refractivity contribution in [2.24, 2.45) is 5.92 Å². The normalized spacial score (nSPS) is 20.4. The third kappa shape index (κ3) is 3.54. The van der Waals surface area contributed by atoms with Gasteiger partial charge in [-0.3, -0.25) is 0 Å². The van der Waals surface area contributed by atoms with Crippen LogP contribution in [0.4, 0.5) is 10.5 Å². The molecule has 6 heteroatoms. The molecule has 1 aromatic rings. The maximum absolute atomic E-state index is 12.3. The van der Waals surface area contributed by atoms with Crippen molar-refractivity contribution in [2.75, 3.05) is 31.6 Å². The Morgan fingerprint density at radius 2 is 1.95 bits per heavy atom. The number of halogens is 1. The SMILES string of the molecule is Cc1ccc(NC(=O)N2CCC(C3OCCO3)CC2)c(Cl)c1. The van der Waals surface area contributed by atoms with Gasteiger partial charge in [0.1, 0.15) is 0 Å².